The highest BCUT2D eigenvalue weighted by molar-refractivity contribution is 5.84. The second kappa shape index (κ2) is 9.53. The Morgan fingerprint density at radius 1 is 1.24 bits per heavy atom. The van der Waals surface area contributed by atoms with Gasteiger partial charge >= 0.3 is 5.97 Å². The Labute approximate surface area is 149 Å². The molecule has 1 aliphatic heterocycles. The number of carbonyl (C=O) groups is 2. The molecule has 1 amide bonds. The van der Waals surface area contributed by atoms with Gasteiger partial charge in [-0.15, -0.1) is 0 Å². The normalized spacial score (nSPS) is 19.2. The van der Waals surface area contributed by atoms with Crippen LogP contribution in [-0.4, -0.2) is 55.3 Å². The van der Waals surface area contributed by atoms with E-state index in [1.165, 1.54) is 0 Å². The van der Waals surface area contributed by atoms with Crippen LogP contribution in [0.25, 0.3) is 0 Å². The van der Waals surface area contributed by atoms with Crippen molar-refractivity contribution in [2.45, 2.75) is 51.5 Å². The smallest absolute Gasteiger partial charge is 0.335 e. The van der Waals surface area contributed by atoms with Gasteiger partial charge in [0.1, 0.15) is 0 Å². The van der Waals surface area contributed by atoms with Gasteiger partial charge in [-0.05, 0) is 32.3 Å². The van der Waals surface area contributed by atoms with Crippen molar-refractivity contribution in [3.8, 4) is 0 Å². The molecule has 6 nitrogen and oxygen atoms in total. The topological polar surface area (TPSA) is 65.1 Å². The third kappa shape index (κ3) is 6.14. The van der Waals surface area contributed by atoms with Crippen LogP contribution in [-0.2, 0) is 30.3 Å². The van der Waals surface area contributed by atoms with Gasteiger partial charge in [-0.25, -0.2) is 4.79 Å². The summed E-state index contributed by atoms with van der Waals surface area (Å²) in [5, 5.41) is 0. The van der Waals surface area contributed by atoms with Crippen molar-refractivity contribution in [3.05, 3.63) is 35.9 Å². The number of hydrogen-bond donors (Lipinski definition) is 0. The van der Waals surface area contributed by atoms with Crippen molar-refractivity contribution < 1.29 is 23.8 Å². The van der Waals surface area contributed by atoms with Crippen LogP contribution in [0.15, 0.2) is 30.3 Å². The number of carbonyl (C=O) groups excluding carboxylic acids is 2. The fourth-order valence-electron chi connectivity index (χ4n) is 2.66. The predicted octanol–water partition coefficient (Wildman–Crippen LogP) is 2.16. The van der Waals surface area contributed by atoms with Gasteiger partial charge in [0.2, 0.25) is 0 Å². The van der Waals surface area contributed by atoms with Crippen LogP contribution in [0, 0.1) is 0 Å². The Balaban J connectivity index is 1.75. The van der Waals surface area contributed by atoms with Crippen molar-refractivity contribution in [1.29, 1.82) is 0 Å². The van der Waals surface area contributed by atoms with E-state index in [4.69, 9.17) is 14.2 Å². The van der Waals surface area contributed by atoms with E-state index in [0.717, 1.165) is 25.0 Å². The molecule has 2 rings (SSSR count). The molecule has 1 aliphatic rings. The van der Waals surface area contributed by atoms with Gasteiger partial charge in [0.05, 0.1) is 12.7 Å². The molecule has 0 aliphatic carbocycles. The maximum atomic E-state index is 12.4. The molecule has 1 aromatic carbocycles. The number of rotatable bonds is 8. The molecule has 6 heteroatoms. The Morgan fingerprint density at radius 2 is 1.96 bits per heavy atom. The highest BCUT2D eigenvalue weighted by atomic mass is 16.6. The molecule has 0 aromatic heterocycles. The van der Waals surface area contributed by atoms with Gasteiger partial charge in [0.25, 0.3) is 5.91 Å². The lowest BCUT2D eigenvalue weighted by atomic mass is 10.2. The highest BCUT2D eigenvalue weighted by Crippen LogP contribution is 2.13. The van der Waals surface area contributed by atoms with Gasteiger partial charge in [0, 0.05) is 20.2 Å². The van der Waals surface area contributed by atoms with Crippen LogP contribution in [0.1, 0.15) is 32.3 Å². The van der Waals surface area contributed by atoms with Crippen LogP contribution in [0.3, 0.4) is 0 Å². The van der Waals surface area contributed by atoms with Crippen LogP contribution in [0.4, 0.5) is 0 Å². The summed E-state index contributed by atoms with van der Waals surface area (Å²) in [6, 6.07) is 9.66. The highest BCUT2D eigenvalue weighted by Gasteiger charge is 2.26. The zero-order chi connectivity index (χ0) is 18.2. The second-order valence-electron chi connectivity index (χ2n) is 6.37. The van der Waals surface area contributed by atoms with Crippen molar-refractivity contribution in [3.63, 3.8) is 0 Å². The summed E-state index contributed by atoms with van der Waals surface area (Å²) in [5.74, 6) is -0.782. The summed E-state index contributed by atoms with van der Waals surface area (Å²) in [6.07, 6.45) is 0.438. The second-order valence-corrected chi connectivity index (χ2v) is 6.37. The number of esters is 1. The molecule has 3 unspecified atom stereocenters. The van der Waals surface area contributed by atoms with Crippen LogP contribution >= 0.6 is 0 Å². The fraction of sp³-hybridized carbons (Fsp3) is 0.579. The zero-order valence-electron chi connectivity index (χ0n) is 15.1. The van der Waals surface area contributed by atoms with E-state index >= 15 is 0 Å². The summed E-state index contributed by atoms with van der Waals surface area (Å²) < 4.78 is 16.2. The molecule has 138 valence electrons. The number of likely N-dealkylation sites (N-methyl/N-ethyl adjacent to an activating group) is 1. The summed E-state index contributed by atoms with van der Waals surface area (Å²) >= 11 is 0. The van der Waals surface area contributed by atoms with Gasteiger partial charge in [-0.2, -0.15) is 0 Å². The number of ether oxygens (including phenoxy) is 3. The lowest BCUT2D eigenvalue weighted by Crippen LogP contribution is -2.39. The largest absolute Gasteiger partial charge is 0.451 e. The Bertz CT molecular complexity index is 556. The minimum Gasteiger partial charge on any atom is -0.451 e. The molecule has 25 heavy (non-hydrogen) atoms. The first-order chi connectivity index (χ1) is 12.0. The molecule has 0 spiro atoms. The first kappa shape index (κ1) is 19.4. The number of amides is 1. The lowest BCUT2D eigenvalue weighted by molar-refractivity contribution is -0.169. The fourth-order valence-corrected chi connectivity index (χ4v) is 2.66. The monoisotopic (exact) mass is 349 g/mol. The summed E-state index contributed by atoms with van der Waals surface area (Å²) in [7, 11) is 1.69. The van der Waals surface area contributed by atoms with Gasteiger partial charge in [-0.1, -0.05) is 30.3 Å². The first-order valence-electron chi connectivity index (χ1n) is 8.70. The Kier molecular flexibility index (Phi) is 7.40. The number of benzene rings is 1. The summed E-state index contributed by atoms with van der Waals surface area (Å²) in [4.78, 5) is 26.0. The molecular weight excluding hydrogens is 322 g/mol. The van der Waals surface area contributed by atoms with E-state index in [9.17, 15) is 9.59 Å². The third-order valence-electron chi connectivity index (χ3n) is 4.17. The molecule has 0 bridgehead atoms. The average molecular weight is 349 g/mol. The Morgan fingerprint density at radius 3 is 2.60 bits per heavy atom. The van der Waals surface area contributed by atoms with Gasteiger partial charge in [-0.3, -0.25) is 4.79 Å². The minimum atomic E-state index is -0.852. The van der Waals surface area contributed by atoms with E-state index in [1.807, 2.05) is 30.3 Å². The van der Waals surface area contributed by atoms with Crippen LogP contribution in [0.2, 0.25) is 0 Å². The van der Waals surface area contributed by atoms with Gasteiger partial charge < -0.3 is 19.1 Å². The van der Waals surface area contributed by atoms with E-state index in [-0.39, 0.29) is 12.0 Å². The number of hydrogen-bond acceptors (Lipinski definition) is 5. The van der Waals surface area contributed by atoms with E-state index in [1.54, 1.807) is 25.8 Å². The molecule has 1 saturated heterocycles. The maximum absolute atomic E-state index is 12.4. The van der Waals surface area contributed by atoms with Crippen molar-refractivity contribution in [1.82, 2.24) is 4.90 Å². The molecule has 3 atom stereocenters. The van der Waals surface area contributed by atoms with Crippen molar-refractivity contribution >= 4 is 11.9 Å². The molecular formula is C19H27NO5. The van der Waals surface area contributed by atoms with E-state index in [2.05, 4.69) is 0 Å². The molecule has 0 radical (unpaired) electrons. The maximum Gasteiger partial charge on any atom is 0.335 e. The number of nitrogens with zero attached hydrogens (tertiary/aromatic N) is 1. The zero-order valence-corrected chi connectivity index (χ0v) is 15.1. The SMILES string of the molecule is CC(OCC1CCCO1)C(=O)OC(C)C(=O)N(C)Cc1ccccc1. The van der Waals surface area contributed by atoms with E-state index in [0.29, 0.717) is 13.2 Å². The minimum absolute atomic E-state index is 0.0475. The third-order valence-corrected chi connectivity index (χ3v) is 4.17. The average Bonchev–Trinajstić information content (AvgIpc) is 3.13. The summed E-state index contributed by atoms with van der Waals surface area (Å²) in [5.41, 5.74) is 1.02. The lowest BCUT2D eigenvalue weighted by Gasteiger charge is -2.23. The van der Waals surface area contributed by atoms with Crippen LogP contribution in [0.5, 0.6) is 0 Å². The standard InChI is InChI=1S/C19H27NO5/c1-14(18(21)20(3)12-16-8-5-4-6-9-16)25-19(22)15(2)24-13-17-10-7-11-23-17/h4-6,8-9,14-15,17H,7,10-13H2,1-3H3. The molecule has 1 fully saturated rings. The van der Waals surface area contributed by atoms with Crippen molar-refractivity contribution in [2.24, 2.45) is 0 Å². The first-order valence-corrected chi connectivity index (χ1v) is 8.70. The summed E-state index contributed by atoms with van der Waals surface area (Å²) in [6.45, 7) is 4.78. The molecule has 0 N–H and O–H groups in total. The predicted molar refractivity (Wildman–Crippen MR) is 92.9 cm³/mol. The molecule has 0 saturated carbocycles. The van der Waals surface area contributed by atoms with Crippen LogP contribution < -0.4 is 0 Å². The molecule has 1 heterocycles. The van der Waals surface area contributed by atoms with E-state index < -0.39 is 18.2 Å². The Hall–Kier alpha value is -1.92. The quantitative estimate of drug-likeness (QED) is 0.673. The van der Waals surface area contributed by atoms with Gasteiger partial charge in [0.15, 0.2) is 12.2 Å². The van der Waals surface area contributed by atoms with Crippen molar-refractivity contribution in [2.75, 3.05) is 20.3 Å². The molecule has 1 aromatic rings.